The van der Waals surface area contributed by atoms with Gasteiger partial charge in [0.25, 0.3) is 0 Å². The third-order valence-corrected chi connectivity index (χ3v) is 3.40. The fourth-order valence-corrected chi connectivity index (χ4v) is 2.04. The van der Waals surface area contributed by atoms with Crippen LogP contribution in [-0.4, -0.2) is 12.6 Å². The van der Waals surface area contributed by atoms with E-state index in [4.69, 9.17) is 4.74 Å². The van der Waals surface area contributed by atoms with Crippen molar-refractivity contribution in [2.75, 3.05) is 6.61 Å². The Labute approximate surface area is 126 Å². The van der Waals surface area contributed by atoms with Crippen LogP contribution in [0.3, 0.4) is 0 Å². The zero-order valence-electron chi connectivity index (χ0n) is 13.7. The Morgan fingerprint density at radius 1 is 0.800 bits per heavy atom. The molecule has 2 nitrogen and oxygen atoms in total. The summed E-state index contributed by atoms with van der Waals surface area (Å²) in [4.78, 5) is 11.3. The van der Waals surface area contributed by atoms with Crippen LogP contribution in [0.15, 0.2) is 12.2 Å². The van der Waals surface area contributed by atoms with Crippen LogP contribution in [0.5, 0.6) is 0 Å². The number of rotatable bonds is 14. The Morgan fingerprint density at radius 3 is 2.00 bits per heavy atom. The molecule has 0 aliphatic carbocycles. The third kappa shape index (κ3) is 15.3. The van der Waals surface area contributed by atoms with E-state index in [0.29, 0.717) is 13.0 Å². The number of carbonyl (C=O) groups is 1. The summed E-state index contributed by atoms with van der Waals surface area (Å²) in [5.41, 5.74) is 0. The maximum Gasteiger partial charge on any atom is 0.305 e. The third-order valence-electron chi connectivity index (χ3n) is 3.40. The molecule has 2 heteroatoms. The molecular formula is C18H34O2. The monoisotopic (exact) mass is 282 g/mol. The molecule has 0 aromatic rings. The van der Waals surface area contributed by atoms with Crippen LogP contribution < -0.4 is 0 Å². The van der Waals surface area contributed by atoms with Crippen molar-refractivity contribution in [2.45, 2.75) is 90.9 Å². The summed E-state index contributed by atoms with van der Waals surface area (Å²) in [6.45, 7) is 4.94. The Balaban J connectivity index is 3.19. The van der Waals surface area contributed by atoms with Gasteiger partial charge in [0.1, 0.15) is 0 Å². The SMILES string of the molecule is CCCCCC/C=C/CCCCCC(=O)OCCCC. The highest BCUT2D eigenvalue weighted by molar-refractivity contribution is 5.69. The summed E-state index contributed by atoms with van der Waals surface area (Å²) in [7, 11) is 0. The average Bonchev–Trinajstić information content (AvgIpc) is 2.45. The van der Waals surface area contributed by atoms with E-state index in [-0.39, 0.29) is 5.97 Å². The van der Waals surface area contributed by atoms with E-state index in [2.05, 4.69) is 26.0 Å². The lowest BCUT2D eigenvalue weighted by Crippen LogP contribution is -2.05. The minimum Gasteiger partial charge on any atom is -0.466 e. The molecule has 0 fully saturated rings. The molecule has 0 aliphatic heterocycles. The first-order valence-electron chi connectivity index (χ1n) is 8.61. The second-order valence-electron chi connectivity index (χ2n) is 5.49. The topological polar surface area (TPSA) is 26.3 Å². The maximum absolute atomic E-state index is 11.3. The zero-order valence-corrected chi connectivity index (χ0v) is 13.7. The van der Waals surface area contributed by atoms with Gasteiger partial charge < -0.3 is 4.74 Å². The van der Waals surface area contributed by atoms with Crippen molar-refractivity contribution < 1.29 is 9.53 Å². The van der Waals surface area contributed by atoms with Gasteiger partial charge in [-0.2, -0.15) is 0 Å². The standard InChI is InChI=1S/C18H34O2/c1-3-5-7-8-9-10-11-12-13-14-15-16-18(19)20-17-6-4-2/h10-11H,3-9,12-17H2,1-2H3/b11-10+. The summed E-state index contributed by atoms with van der Waals surface area (Å²) in [5, 5.41) is 0. The Kier molecular flexibility index (Phi) is 15.6. The first kappa shape index (κ1) is 19.2. The highest BCUT2D eigenvalue weighted by atomic mass is 16.5. The number of unbranched alkanes of at least 4 members (excludes halogenated alkanes) is 8. The number of esters is 1. The normalized spacial score (nSPS) is 11.1. The second kappa shape index (κ2) is 16.3. The lowest BCUT2D eigenvalue weighted by molar-refractivity contribution is -0.143. The maximum atomic E-state index is 11.3. The van der Waals surface area contributed by atoms with Crippen LogP contribution in [0.1, 0.15) is 90.9 Å². The Bertz CT molecular complexity index is 234. The quantitative estimate of drug-likeness (QED) is 0.228. The van der Waals surface area contributed by atoms with Gasteiger partial charge in [-0.3, -0.25) is 4.79 Å². The van der Waals surface area contributed by atoms with Gasteiger partial charge in [0.15, 0.2) is 0 Å². The Morgan fingerprint density at radius 2 is 1.40 bits per heavy atom. The number of allylic oxidation sites excluding steroid dienone is 2. The van der Waals surface area contributed by atoms with E-state index < -0.39 is 0 Å². The molecule has 0 saturated heterocycles. The van der Waals surface area contributed by atoms with E-state index in [1.165, 1.54) is 38.5 Å². The van der Waals surface area contributed by atoms with Crippen molar-refractivity contribution in [2.24, 2.45) is 0 Å². The molecule has 0 N–H and O–H groups in total. The van der Waals surface area contributed by atoms with Gasteiger partial charge in [-0.15, -0.1) is 0 Å². The fraction of sp³-hybridized carbons (Fsp3) is 0.833. The minimum absolute atomic E-state index is 0.0232. The molecule has 20 heavy (non-hydrogen) atoms. The van der Waals surface area contributed by atoms with E-state index in [1.807, 2.05) is 0 Å². The largest absolute Gasteiger partial charge is 0.466 e. The summed E-state index contributed by atoms with van der Waals surface area (Å²) >= 11 is 0. The average molecular weight is 282 g/mol. The molecule has 0 aromatic carbocycles. The van der Waals surface area contributed by atoms with Crippen molar-refractivity contribution in [3.8, 4) is 0 Å². The van der Waals surface area contributed by atoms with E-state index in [1.54, 1.807) is 0 Å². The van der Waals surface area contributed by atoms with Gasteiger partial charge in [-0.1, -0.05) is 58.1 Å². The molecule has 0 bridgehead atoms. The summed E-state index contributed by atoms with van der Waals surface area (Å²) < 4.78 is 5.12. The van der Waals surface area contributed by atoms with Crippen molar-refractivity contribution in [3.63, 3.8) is 0 Å². The highest BCUT2D eigenvalue weighted by Crippen LogP contribution is 2.07. The van der Waals surface area contributed by atoms with Gasteiger partial charge >= 0.3 is 5.97 Å². The molecule has 0 heterocycles. The first-order chi connectivity index (χ1) is 9.81. The number of hydrogen-bond acceptors (Lipinski definition) is 2. The number of carbonyl (C=O) groups excluding carboxylic acids is 1. The Hall–Kier alpha value is -0.790. The lowest BCUT2D eigenvalue weighted by Gasteiger charge is -2.03. The second-order valence-corrected chi connectivity index (χ2v) is 5.49. The summed E-state index contributed by atoms with van der Waals surface area (Å²) in [6, 6.07) is 0. The molecule has 0 saturated carbocycles. The van der Waals surface area contributed by atoms with Crippen LogP contribution in [-0.2, 0) is 9.53 Å². The predicted molar refractivity (Wildman–Crippen MR) is 86.9 cm³/mol. The van der Waals surface area contributed by atoms with Gasteiger partial charge in [-0.05, 0) is 38.5 Å². The highest BCUT2D eigenvalue weighted by Gasteiger charge is 2.01. The van der Waals surface area contributed by atoms with Crippen LogP contribution in [0.2, 0.25) is 0 Å². The van der Waals surface area contributed by atoms with Gasteiger partial charge in [-0.25, -0.2) is 0 Å². The fourth-order valence-electron chi connectivity index (χ4n) is 2.04. The van der Waals surface area contributed by atoms with E-state index in [0.717, 1.165) is 32.1 Å². The molecule has 0 radical (unpaired) electrons. The van der Waals surface area contributed by atoms with Crippen LogP contribution in [0, 0.1) is 0 Å². The van der Waals surface area contributed by atoms with Gasteiger partial charge in [0, 0.05) is 6.42 Å². The molecule has 0 atom stereocenters. The molecule has 0 rings (SSSR count). The predicted octanol–water partition coefficient (Wildman–Crippen LogP) is 5.81. The lowest BCUT2D eigenvalue weighted by atomic mass is 10.1. The van der Waals surface area contributed by atoms with Crippen molar-refractivity contribution in [1.82, 2.24) is 0 Å². The van der Waals surface area contributed by atoms with Crippen molar-refractivity contribution in [1.29, 1.82) is 0 Å². The van der Waals surface area contributed by atoms with Gasteiger partial charge in [0.2, 0.25) is 0 Å². The van der Waals surface area contributed by atoms with Crippen molar-refractivity contribution >= 4 is 5.97 Å². The van der Waals surface area contributed by atoms with Crippen LogP contribution in [0.25, 0.3) is 0 Å². The minimum atomic E-state index is -0.0232. The summed E-state index contributed by atoms with van der Waals surface area (Å²) in [6.07, 6.45) is 18.3. The molecule has 0 unspecified atom stereocenters. The number of ether oxygens (including phenoxy) is 1. The van der Waals surface area contributed by atoms with Crippen LogP contribution in [0.4, 0.5) is 0 Å². The molecule has 0 amide bonds. The van der Waals surface area contributed by atoms with E-state index in [9.17, 15) is 4.79 Å². The molecule has 0 aliphatic rings. The summed E-state index contributed by atoms with van der Waals surface area (Å²) in [5.74, 6) is -0.0232. The molecule has 0 spiro atoms. The number of hydrogen-bond donors (Lipinski definition) is 0. The van der Waals surface area contributed by atoms with Crippen molar-refractivity contribution in [3.05, 3.63) is 12.2 Å². The van der Waals surface area contributed by atoms with Crippen LogP contribution >= 0.6 is 0 Å². The van der Waals surface area contributed by atoms with E-state index >= 15 is 0 Å². The van der Waals surface area contributed by atoms with Gasteiger partial charge in [0.05, 0.1) is 6.61 Å². The molecule has 118 valence electrons. The molecular weight excluding hydrogens is 248 g/mol. The smallest absolute Gasteiger partial charge is 0.305 e. The first-order valence-corrected chi connectivity index (χ1v) is 8.61. The zero-order chi connectivity index (χ0) is 14.9. The molecule has 0 aromatic heterocycles.